The molecule has 1 saturated heterocycles. The van der Waals surface area contributed by atoms with Crippen LogP contribution in [0.5, 0.6) is 0 Å². The van der Waals surface area contributed by atoms with Crippen LogP contribution in [0.25, 0.3) is 0 Å². The van der Waals surface area contributed by atoms with Crippen molar-refractivity contribution in [3.8, 4) is 0 Å². The summed E-state index contributed by atoms with van der Waals surface area (Å²) in [5.41, 5.74) is -3.01. The van der Waals surface area contributed by atoms with Crippen LogP contribution in [0.2, 0.25) is 0 Å². The highest BCUT2D eigenvalue weighted by atomic mass is 35.5. The Morgan fingerprint density at radius 3 is 2.54 bits per heavy atom. The molecule has 13 heteroatoms. The van der Waals surface area contributed by atoms with Crippen LogP contribution in [-0.4, -0.2) is 38.5 Å². The lowest BCUT2D eigenvalue weighted by molar-refractivity contribution is -0.137. The van der Waals surface area contributed by atoms with Gasteiger partial charge in [0, 0.05) is 17.9 Å². The molecule has 2 fully saturated rings. The molecule has 1 atom stereocenters. The number of carbonyl (C=O) groups excluding carboxylic acids is 3. The van der Waals surface area contributed by atoms with Crippen molar-refractivity contribution in [3.05, 3.63) is 71.8 Å². The molecule has 0 bridgehead atoms. The summed E-state index contributed by atoms with van der Waals surface area (Å²) < 4.78 is 40.1. The van der Waals surface area contributed by atoms with Crippen molar-refractivity contribution in [2.24, 2.45) is 5.92 Å². The van der Waals surface area contributed by atoms with E-state index in [4.69, 9.17) is 11.6 Å². The first-order valence-corrected chi connectivity index (χ1v) is 11.7. The molecule has 1 aromatic heterocycles. The lowest BCUT2D eigenvalue weighted by atomic mass is 9.97. The summed E-state index contributed by atoms with van der Waals surface area (Å²) in [6, 6.07) is 5.71. The van der Waals surface area contributed by atoms with E-state index in [1.807, 2.05) is 0 Å². The van der Waals surface area contributed by atoms with Crippen LogP contribution in [0.4, 0.5) is 24.8 Å². The number of carbonyl (C=O) groups is 3. The number of rotatable bonds is 7. The number of anilines is 2. The van der Waals surface area contributed by atoms with Gasteiger partial charge in [-0.2, -0.15) is 13.2 Å². The van der Waals surface area contributed by atoms with Crippen molar-refractivity contribution in [2.45, 2.75) is 31.6 Å². The van der Waals surface area contributed by atoms with Crippen molar-refractivity contribution < 1.29 is 27.6 Å². The van der Waals surface area contributed by atoms with Gasteiger partial charge < -0.3 is 16.0 Å². The van der Waals surface area contributed by atoms with E-state index in [0.717, 1.165) is 29.9 Å². The molecule has 194 valence electrons. The Morgan fingerprint density at radius 1 is 1.24 bits per heavy atom. The normalized spacial score (nSPS) is 20.0. The Balaban J connectivity index is 1.64. The Hall–Kier alpha value is -3.93. The number of benzene rings is 1. The molecule has 9 nitrogen and oxygen atoms in total. The minimum absolute atomic E-state index is 0.0139. The Bertz CT molecular complexity index is 1310. The van der Waals surface area contributed by atoms with Gasteiger partial charge in [-0.1, -0.05) is 18.7 Å². The third-order valence-electron chi connectivity index (χ3n) is 5.93. The summed E-state index contributed by atoms with van der Waals surface area (Å²) in [6.45, 7) is 5.05. The summed E-state index contributed by atoms with van der Waals surface area (Å²) in [4.78, 5) is 47.3. The number of allylic oxidation sites excluding steroid dienone is 1. The van der Waals surface area contributed by atoms with Crippen molar-refractivity contribution in [1.29, 1.82) is 0 Å². The molecule has 0 radical (unpaired) electrons. The van der Waals surface area contributed by atoms with Gasteiger partial charge in [0.2, 0.25) is 5.91 Å². The van der Waals surface area contributed by atoms with Crippen LogP contribution in [0.3, 0.4) is 0 Å². The molecule has 2 heterocycles. The summed E-state index contributed by atoms with van der Waals surface area (Å²) in [7, 11) is 0. The molecule has 1 aliphatic heterocycles. The fourth-order valence-electron chi connectivity index (χ4n) is 3.84. The molecule has 1 aliphatic carbocycles. The minimum Gasteiger partial charge on any atom is -0.336 e. The molecule has 4 rings (SSSR count). The molecule has 2 aromatic rings. The molecule has 2 aliphatic rings. The second-order valence-electron chi connectivity index (χ2n) is 8.64. The third kappa shape index (κ3) is 5.43. The molecule has 1 saturated carbocycles. The van der Waals surface area contributed by atoms with Crippen LogP contribution in [0, 0.1) is 5.92 Å². The summed E-state index contributed by atoms with van der Waals surface area (Å²) in [6.07, 6.45) is -0.532. The van der Waals surface area contributed by atoms with E-state index in [1.165, 1.54) is 37.5 Å². The number of halogens is 4. The maximum atomic E-state index is 13.7. The summed E-state index contributed by atoms with van der Waals surface area (Å²) in [5.74, 6) is -1.53. The Labute approximate surface area is 214 Å². The highest BCUT2D eigenvalue weighted by molar-refractivity contribution is 6.19. The number of aromatic nitrogens is 2. The lowest BCUT2D eigenvalue weighted by Gasteiger charge is -2.35. The fraction of sp³-hybridized carbons (Fsp3) is 0.292. The average Bonchev–Trinajstić information content (AvgIpc) is 3.66. The van der Waals surface area contributed by atoms with Gasteiger partial charge in [-0.25, -0.2) is 9.97 Å². The predicted octanol–water partition coefficient (Wildman–Crippen LogP) is 3.72. The van der Waals surface area contributed by atoms with Gasteiger partial charge in [0.15, 0.2) is 0 Å². The standard InChI is InChI=1S/C24H22ClF3N6O3/c1-13-20(35)33-23(2,15-4-3-5-16(10-15)24(26,27)28)34(13)22(37)17(8-9-25)31-18-11-19(30-12-29-18)32-21(36)14-6-7-14/h3-5,8,10-12,14H,1,6-7,9H2,2H3,(H,33,35)(H2,29,30,31,32,36)/b17-8+. The van der Waals surface area contributed by atoms with Crippen LogP contribution >= 0.6 is 11.6 Å². The first-order valence-electron chi connectivity index (χ1n) is 11.1. The molecule has 3 N–H and O–H groups in total. The van der Waals surface area contributed by atoms with Crippen LogP contribution in [0.15, 0.2) is 60.7 Å². The van der Waals surface area contributed by atoms with Gasteiger partial charge in [-0.05, 0) is 43.5 Å². The van der Waals surface area contributed by atoms with Gasteiger partial charge in [-0.15, -0.1) is 11.6 Å². The summed E-state index contributed by atoms with van der Waals surface area (Å²) in [5, 5.41) is 8.02. The smallest absolute Gasteiger partial charge is 0.336 e. The van der Waals surface area contributed by atoms with Crippen molar-refractivity contribution in [3.63, 3.8) is 0 Å². The second-order valence-corrected chi connectivity index (χ2v) is 8.95. The maximum Gasteiger partial charge on any atom is 0.416 e. The molecule has 37 heavy (non-hydrogen) atoms. The van der Waals surface area contributed by atoms with E-state index in [9.17, 15) is 27.6 Å². The van der Waals surface area contributed by atoms with Gasteiger partial charge in [0.25, 0.3) is 11.8 Å². The van der Waals surface area contributed by atoms with Crippen molar-refractivity contribution in [2.75, 3.05) is 16.5 Å². The maximum absolute atomic E-state index is 13.7. The van der Waals surface area contributed by atoms with Crippen molar-refractivity contribution >= 4 is 41.0 Å². The van der Waals surface area contributed by atoms with E-state index in [1.54, 1.807) is 0 Å². The SMILES string of the molecule is C=C1C(=O)NC(C)(c2cccc(C(F)(F)F)c2)N1C(=O)/C(=C\CCl)Nc1cc(NC(=O)C2CC2)ncn1. The number of hydrogen-bond donors (Lipinski definition) is 3. The van der Waals surface area contributed by atoms with Gasteiger partial charge in [0.1, 0.15) is 35.0 Å². The topological polar surface area (TPSA) is 116 Å². The molecule has 3 amide bonds. The second kappa shape index (κ2) is 9.85. The highest BCUT2D eigenvalue weighted by Crippen LogP contribution is 2.38. The number of alkyl halides is 4. The van der Waals surface area contributed by atoms with Crippen LogP contribution in [-0.2, 0) is 26.2 Å². The van der Waals surface area contributed by atoms with Crippen molar-refractivity contribution in [1.82, 2.24) is 20.2 Å². The lowest BCUT2D eigenvalue weighted by Crippen LogP contribution is -2.49. The highest BCUT2D eigenvalue weighted by Gasteiger charge is 2.49. The minimum atomic E-state index is -4.63. The Kier molecular flexibility index (Phi) is 6.96. The molecule has 1 unspecified atom stereocenters. The third-order valence-corrected chi connectivity index (χ3v) is 6.09. The van der Waals surface area contributed by atoms with Gasteiger partial charge in [-0.3, -0.25) is 19.3 Å². The van der Waals surface area contributed by atoms with Gasteiger partial charge >= 0.3 is 6.18 Å². The molecular weight excluding hydrogens is 513 g/mol. The zero-order chi connectivity index (χ0) is 27.0. The average molecular weight is 535 g/mol. The number of nitrogens with zero attached hydrogens (tertiary/aromatic N) is 3. The fourth-order valence-corrected chi connectivity index (χ4v) is 4.00. The molecular formula is C24H22ClF3N6O3. The monoisotopic (exact) mass is 534 g/mol. The molecule has 1 aromatic carbocycles. The molecule has 0 spiro atoms. The zero-order valence-electron chi connectivity index (χ0n) is 19.5. The van der Waals surface area contributed by atoms with Crippen LogP contribution in [0.1, 0.15) is 30.9 Å². The van der Waals surface area contributed by atoms with E-state index < -0.39 is 29.2 Å². The number of amides is 3. The first-order chi connectivity index (χ1) is 17.4. The Morgan fingerprint density at radius 2 is 1.92 bits per heavy atom. The number of hydrogen-bond acceptors (Lipinski definition) is 6. The number of nitrogens with one attached hydrogen (secondary N) is 3. The zero-order valence-corrected chi connectivity index (χ0v) is 20.3. The van der Waals surface area contributed by atoms with Crippen LogP contribution < -0.4 is 16.0 Å². The summed E-state index contributed by atoms with van der Waals surface area (Å²) >= 11 is 5.87. The van der Waals surface area contributed by atoms with E-state index in [2.05, 4.69) is 32.5 Å². The largest absolute Gasteiger partial charge is 0.416 e. The first kappa shape index (κ1) is 26.1. The van der Waals surface area contributed by atoms with E-state index >= 15 is 0 Å². The van der Waals surface area contributed by atoms with E-state index in [0.29, 0.717) is 0 Å². The van der Waals surface area contributed by atoms with E-state index in [-0.39, 0.29) is 46.3 Å². The predicted molar refractivity (Wildman–Crippen MR) is 129 cm³/mol. The quantitative estimate of drug-likeness (QED) is 0.368. The van der Waals surface area contributed by atoms with Gasteiger partial charge in [0.05, 0.1) is 5.56 Å².